The zero-order chi connectivity index (χ0) is 15.2. The van der Waals surface area contributed by atoms with E-state index < -0.39 is 0 Å². The lowest BCUT2D eigenvalue weighted by molar-refractivity contribution is 0.473. The van der Waals surface area contributed by atoms with Crippen molar-refractivity contribution in [2.24, 2.45) is 0 Å². The Balaban J connectivity index is 2.17. The SMILES string of the molecule is CC(C)NCC(Cc1ncnn1C(C)C)c1ccccc1. The minimum atomic E-state index is 0.344. The summed E-state index contributed by atoms with van der Waals surface area (Å²) in [5.74, 6) is 1.47. The van der Waals surface area contributed by atoms with Crippen molar-refractivity contribution in [1.82, 2.24) is 20.1 Å². The maximum atomic E-state index is 4.45. The Morgan fingerprint density at radius 2 is 1.81 bits per heavy atom. The normalized spacial score (nSPS) is 13.0. The van der Waals surface area contributed by atoms with Gasteiger partial charge in [0.25, 0.3) is 0 Å². The fraction of sp³-hybridized carbons (Fsp3) is 0.529. The minimum absolute atomic E-state index is 0.344. The lowest BCUT2D eigenvalue weighted by Gasteiger charge is -2.20. The predicted octanol–water partition coefficient (Wildman–Crippen LogP) is 3.18. The molecule has 0 radical (unpaired) electrons. The fourth-order valence-corrected chi connectivity index (χ4v) is 2.48. The molecular formula is C17H26N4. The number of rotatable bonds is 7. The third kappa shape index (κ3) is 4.39. The van der Waals surface area contributed by atoms with Gasteiger partial charge in [-0.05, 0) is 19.4 Å². The Labute approximate surface area is 127 Å². The average Bonchev–Trinajstić information content (AvgIpc) is 2.92. The molecule has 0 fully saturated rings. The zero-order valence-electron chi connectivity index (χ0n) is 13.5. The first kappa shape index (κ1) is 15.7. The molecule has 1 aromatic heterocycles. The van der Waals surface area contributed by atoms with E-state index in [-0.39, 0.29) is 0 Å². The summed E-state index contributed by atoms with van der Waals surface area (Å²) in [5.41, 5.74) is 1.35. The summed E-state index contributed by atoms with van der Waals surface area (Å²) < 4.78 is 2.02. The average molecular weight is 286 g/mol. The van der Waals surface area contributed by atoms with Crippen LogP contribution >= 0.6 is 0 Å². The van der Waals surface area contributed by atoms with E-state index in [0.717, 1.165) is 18.8 Å². The maximum Gasteiger partial charge on any atom is 0.138 e. The van der Waals surface area contributed by atoms with Crippen molar-refractivity contribution < 1.29 is 0 Å². The van der Waals surface area contributed by atoms with E-state index in [9.17, 15) is 0 Å². The van der Waals surface area contributed by atoms with Crippen LogP contribution in [0.3, 0.4) is 0 Å². The van der Waals surface area contributed by atoms with E-state index in [1.165, 1.54) is 5.56 Å². The fourth-order valence-electron chi connectivity index (χ4n) is 2.48. The monoisotopic (exact) mass is 286 g/mol. The van der Waals surface area contributed by atoms with Crippen molar-refractivity contribution >= 4 is 0 Å². The van der Waals surface area contributed by atoms with E-state index in [2.05, 4.69) is 73.4 Å². The molecule has 21 heavy (non-hydrogen) atoms. The van der Waals surface area contributed by atoms with Gasteiger partial charge in [0.2, 0.25) is 0 Å². The topological polar surface area (TPSA) is 42.7 Å². The van der Waals surface area contributed by atoms with Crippen LogP contribution in [0.4, 0.5) is 0 Å². The molecule has 0 amide bonds. The first-order valence-corrected chi connectivity index (χ1v) is 7.74. The van der Waals surface area contributed by atoms with Crippen LogP contribution < -0.4 is 5.32 Å². The highest BCUT2D eigenvalue weighted by Gasteiger charge is 2.17. The highest BCUT2D eigenvalue weighted by Crippen LogP contribution is 2.20. The van der Waals surface area contributed by atoms with Gasteiger partial charge in [0.05, 0.1) is 0 Å². The van der Waals surface area contributed by atoms with Crippen molar-refractivity contribution in [3.8, 4) is 0 Å². The van der Waals surface area contributed by atoms with Crippen LogP contribution in [-0.2, 0) is 6.42 Å². The largest absolute Gasteiger partial charge is 0.314 e. The number of benzene rings is 1. The van der Waals surface area contributed by atoms with Crippen LogP contribution in [0, 0.1) is 0 Å². The second-order valence-electron chi connectivity index (χ2n) is 6.09. The molecule has 0 saturated heterocycles. The molecule has 1 atom stereocenters. The first-order chi connectivity index (χ1) is 10.1. The van der Waals surface area contributed by atoms with Crippen LogP contribution in [0.15, 0.2) is 36.7 Å². The predicted molar refractivity (Wildman–Crippen MR) is 86.4 cm³/mol. The van der Waals surface area contributed by atoms with Gasteiger partial charge in [-0.2, -0.15) is 5.10 Å². The number of nitrogens with one attached hydrogen (secondary N) is 1. The summed E-state index contributed by atoms with van der Waals surface area (Å²) in [6, 6.07) is 11.5. The van der Waals surface area contributed by atoms with Gasteiger partial charge < -0.3 is 5.32 Å². The van der Waals surface area contributed by atoms with Crippen LogP contribution in [-0.4, -0.2) is 27.4 Å². The van der Waals surface area contributed by atoms with Gasteiger partial charge in [0.15, 0.2) is 0 Å². The molecule has 114 valence electrons. The lowest BCUT2D eigenvalue weighted by atomic mass is 9.95. The zero-order valence-corrected chi connectivity index (χ0v) is 13.5. The standard InChI is InChI=1S/C17H26N4/c1-13(2)18-11-16(15-8-6-5-7-9-15)10-17-19-12-20-21(17)14(3)4/h5-9,12-14,16,18H,10-11H2,1-4H3. The van der Waals surface area contributed by atoms with Gasteiger partial charge in [-0.3, -0.25) is 0 Å². The van der Waals surface area contributed by atoms with Crippen molar-refractivity contribution in [2.45, 2.75) is 52.1 Å². The molecule has 0 aliphatic rings. The van der Waals surface area contributed by atoms with Crippen molar-refractivity contribution in [2.75, 3.05) is 6.54 Å². The van der Waals surface area contributed by atoms with Gasteiger partial charge in [0.1, 0.15) is 12.2 Å². The summed E-state index contributed by atoms with van der Waals surface area (Å²) in [4.78, 5) is 4.45. The van der Waals surface area contributed by atoms with Crippen LogP contribution in [0.5, 0.6) is 0 Å². The van der Waals surface area contributed by atoms with E-state index in [0.29, 0.717) is 18.0 Å². The van der Waals surface area contributed by atoms with Crippen molar-refractivity contribution in [3.63, 3.8) is 0 Å². The Morgan fingerprint density at radius 3 is 2.43 bits per heavy atom. The molecule has 2 aromatic rings. The molecule has 1 unspecified atom stereocenters. The molecule has 0 spiro atoms. The smallest absolute Gasteiger partial charge is 0.138 e. The van der Waals surface area contributed by atoms with Gasteiger partial charge >= 0.3 is 0 Å². The summed E-state index contributed by atoms with van der Waals surface area (Å²) in [6.45, 7) is 9.59. The summed E-state index contributed by atoms with van der Waals surface area (Å²) in [6.07, 6.45) is 2.56. The maximum absolute atomic E-state index is 4.45. The summed E-state index contributed by atoms with van der Waals surface area (Å²) in [7, 11) is 0. The van der Waals surface area contributed by atoms with Gasteiger partial charge in [-0.15, -0.1) is 0 Å². The number of hydrogen-bond acceptors (Lipinski definition) is 3. The molecule has 2 rings (SSSR count). The number of nitrogens with zero attached hydrogens (tertiary/aromatic N) is 3. The third-order valence-electron chi connectivity index (χ3n) is 3.61. The molecule has 0 bridgehead atoms. The van der Waals surface area contributed by atoms with E-state index >= 15 is 0 Å². The summed E-state index contributed by atoms with van der Waals surface area (Å²) in [5, 5.41) is 7.89. The molecule has 4 heteroatoms. The van der Waals surface area contributed by atoms with E-state index in [1.807, 2.05) is 4.68 Å². The van der Waals surface area contributed by atoms with E-state index in [4.69, 9.17) is 0 Å². The number of aromatic nitrogens is 3. The first-order valence-electron chi connectivity index (χ1n) is 7.74. The van der Waals surface area contributed by atoms with Crippen LogP contribution in [0.2, 0.25) is 0 Å². The molecule has 0 aliphatic carbocycles. The van der Waals surface area contributed by atoms with Crippen molar-refractivity contribution in [3.05, 3.63) is 48.0 Å². The third-order valence-corrected chi connectivity index (χ3v) is 3.61. The highest BCUT2D eigenvalue weighted by atomic mass is 15.3. The molecule has 1 heterocycles. The Bertz CT molecular complexity index is 531. The molecule has 0 saturated carbocycles. The van der Waals surface area contributed by atoms with Crippen LogP contribution in [0.25, 0.3) is 0 Å². The molecule has 1 aromatic carbocycles. The van der Waals surface area contributed by atoms with E-state index in [1.54, 1.807) is 6.33 Å². The highest BCUT2D eigenvalue weighted by molar-refractivity contribution is 5.21. The Morgan fingerprint density at radius 1 is 1.10 bits per heavy atom. The lowest BCUT2D eigenvalue weighted by Crippen LogP contribution is -2.29. The second-order valence-corrected chi connectivity index (χ2v) is 6.09. The van der Waals surface area contributed by atoms with Gasteiger partial charge in [-0.25, -0.2) is 9.67 Å². The molecule has 0 aliphatic heterocycles. The molecule has 1 N–H and O–H groups in total. The molecular weight excluding hydrogens is 260 g/mol. The molecule has 4 nitrogen and oxygen atoms in total. The van der Waals surface area contributed by atoms with Crippen LogP contribution in [0.1, 0.15) is 51.0 Å². The minimum Gasteiger partial charge on any atom is -0.314 e. The Kier molecular flexibility index (Phi) is 5.51. The van der Waals surface area contributed by atoms with Gasteiger partial charge in [0, 0.05) is 31.0 Å². The second kappa shape index (κ2) is 7.36. The quantitative estimate of drug-likeness (QED) is 0.850. The number of hydrogen-bond donors (Lipinski definition) is 1. The van der Waals surface area contributed by atoms with Gasteiger partial charge in [-0.1, -0.05) is 44.2 Å². The Hall–Kier alpha value is -1.68. The van der Waals surface area contributed by atoms with Crippen molar-refractivity contribution in [1.29, 1.82) is 0 Å². The summed E-state index contributed by atoms with van der Waals surface area (Å²) >= 11 is 0.